The molecule has 108 valence electrons. The van der Waals surface area contributed by atoms with E-state index in [1.54, 1.807) is 12.3 Å². The van der Waals surface area contributed by atoms with E-state index < -0.39 is 5.41 Å². The van der Waals surface area contributed by atoms with Gasteiger partial charge in [0, 0.05) is 12.4 Å². The lowest BCUT2D eigenvalue weighted by molar-refractivity contribution is -0.128. The number of hydrogen-bond acceptors (Lipinski definition) is 3. The fraction of sp³-hybridized carbons (Fsp3) is 0.400. The number of fused-ring (bicyclic) bond motifs is 1. The molecule has 0 aliphatic heterocycles. The van der Waals surface area contributed by atoms with E-state index in [-0.39, 0.29) is 5.91 Å². The Labute approximate surface area is 127 Å². The van der Waals surface area contributed by atoms with Gasteiger partial charge >= 0.3 is 0 Å². The van der Waals surface area contributed by atoms with Crippen molar-refractivity contribution >= 4 is 23.2 Å². The molecule has 0 bridgehead atoms. The summed E-state index contributed by atoms with van der Waals surface area (Å²) in [5.74, 6) is -0.183. The molecule has 3 rings (SSSR count). The molecule has 1 N–H and O–H groups in total. The van der Waals surface area contributed by atoms with Crippen molar-refractivity contribution in [2.75, 3.05) is 0 Å². The molecule has 1 amide bonds. The highest BCUT2D eigenvalue weighted by molar-refractivity contribution is 6.30. The SMILES string of the molecule is N#CC1(C(=O)NCc2cn3cc(Cl)ccc3n2)CCCC1. The van der Waals surface area contributed by atoms with Crippen LogP contribution in [0.1, 0.15) is 31.4 Å². The number of nitrogens with zero attached hydrogens (tertiary/aromatic N) is 3. The van der Waals surface area contributed by atoms with Crippen molar-refractivity contribution in [3.8, 4) is 6.07 Å². The Hall–Kier alpha value is -2.06. The van der Waals surface area contributed by atoms with Gasteiger partial charge in [-0.3, -0.25) is 4.79 Å². The number of carbonyl (C=O) groups is 1. The molecule has 1 fully saturated rings. The summed E-state index contributed by atoms with van der Waals surface area (Å²) in [6, 6.07) is 5.79. The molecular weight excluding hydrogens is 288 g/mol. The predicted octanol–water partition coefficient (Wildman–Crippen LogP) is 2.69. The minimum atomic E-state index is -0.845. The van der Waals surface area contributed by atoms with Gasteiger partial charge in [-0.05, 0) is 25.0 Å². The Balaban J connectivity index is 1.71. The molecule has 2 aromatic heterocycles. The van der Waals surface area contributed by atoms with Crippen LogP contribution in [0.5, 0.6) is 0 Å². The zero-order valence-electron chi connectivity index (χ0n) is 11.5. The van der Waals surface area contributed by atoms with Gasteiger partial charge in [-0.1, -0.05) is 24.4 Å². The van der Waals surface area contributed by atoms with Crippen molar-refractivity contribution in [1.82, 2.24) is 14.7 Å². The lowest BCUT2D eigenvalue weighted by atomic mass is 9.87. The van der Waals surface area contributed by atoms with E-state index in [9.17, 15) is 10.1 Å². The van der Waals surface area contributed by atoms with Crippen molar-refractivity contribution < 1.29 is 4.79 Å². The second-order valence-corrected chi connectivity index (χ2v) is 5.87. The molecular formula is C15H15ClN4O. The van der Waals surface area contributed by atoms with Crippen LogP contribution in [0, 0.1) is 16.7 Å². The molecule has 2 aromatic rings. The summed E-state index contributed by atoms with van der Waals surface area (Å²) in [6.45, 7) is 0.321. The third-order valence-corrected chi connectivity index (χ3v) is 4.22. The highest BCUT2D eigenvalue weighted by atomic mass is 35.5. The van der Waals surface area contributed by atoms with E-state index in [0.717, 1.165) is 24.2 Å². The highest BCUT2D eigenvalue weighted by Crippen LogP contribution is 2.37. The molecule has 21 heavy (non-hydrogen) atoms. The Bertz CT molecular complexity index is 725. The summed E-state index contributed by atoms with van der Waals surface area (Å²) >= 11 is 5.92. The molecule has 0 spiro atoms. The number of imidazole rings is 1. The number of aromatic nitrogens is 2. The number of amides is 1. The predicted molar refractivity (Wildman–Crippen MR) is 78.6 cm³/mol. The van der Waals surface area contributed by atoms with Crippen LogP contribution in [0.25, 0.3) is 5.65 Å². The number of hydrogen-bond donors (Lipinski definition) is 1. The molecule has 0 aromatic carbocycles. The minimum Gasteiger partial charge on any atom is -0.349 e. The van der Waals surface area contributed by atoms with Gasteiger partial charge in [-0.2, -0.15) is 5.26 Å². The Kier molecular flexibility index (Phi) is 3.56. The van der Waals surface area contributed by atoms with Gasteiger partial charge in [0.15, 0.2) is 0 Å². The van der Waals surface area contributed by atoms with Crippen LogP contribution < -0.4 is 5.32 Å². The molecule has 6 heteroatoms. The summed E-state index contributed by atoms with van der Waals surface area (Å²) in [5, 5.41) is 12.8. The van der Waals surface area contributed by atoms with Crippen molar-refractivity contribution in [1.29, 1.82) is 5.26 Å². The van der Waals surface area contributed by atoms with Crippen LogP contribution in [-0.4, -0.2) is 15.3 Å². The van der Waals surface area contributed by atoms with Gasteiger partial charge in [0.2, 0.25) is 5.91 Å². The minimum absolute atomic E-state index is 0.183. The summed E-state index contributed by atoms with van der Waals surface area (Å²) in [6.07, 6.45) is 6.77. The maximum atomic E-state index is 12.3. The van der Waals surface area contributed by atoms with E-state index in [4.69, 9.17) is 11.6 Å². The van der Waals surface area contributed by atoms with Crippen molar-refractivity contribution in [3.63, 3.8) is 0 Å². The largest absolute Gasteiger partial charge is 0.349 e. The first kappa shape index (κ1) is 13.9. The highest BCUT2D eigenvalue weighted by Gasteiger charge is 2.41. The van der Waals surface area contributed by atoms with Crippen LogP contribution in [0.2, 0.25) is 5.02 Å². The molecule has 2 heterocycles. The van der Waals surface area contributed by atoms with Crippen molar-refractivity contribution in [2.45, 2.75) is 32.2 Å². The fourth-order valence-electron chi connectivity index (χ4n) is 2.81. The van der Waals surface area contributed by atoms with E-state index >= 15 is 0 Å². The van der Waals surface area contributed by atoms with Crippen LogP contribution in [0.3, 0.4) is 0 Å². The lowest BCUT2D eigenvalue weighted by Gasteiger charge is -2.18. The number of halogens is 1. The fourth-order valence-corrected chi connectivity index (χ4v) is 2.98. The van der Waals surface area contributed by atoms with Gasteiger partial charge in [-0.15, -0.1) is 0 Å². The topological polar surface area (TPSA) is 70.2 Å². The summed E-state index contributed by atoms with van der Waals surface area (Å²) in [7, 11) is 0. The second kappa shape index (κ2) is 5.38. The molecule has 5 nitrogen and oxygen atoms in total. The van der Waals surface area contributed by atoms with Gasteiger partial charge in [0.1, 0.15) is 11.1 Å². The first-order valence-electron chi connectivity index (χ1n) is 6.96. The van der Waals surface area contributed by atoms with Gasteiger partial charge in [0.25, 0.3) is 0 Å². The quantitative estimate of drug-likeness (QED) is 0.947. The first-order chi connectivity index (χ1) is 10.1. The Morgan fingerprint density at radius 3 is 2.90 bits per heavy atom. The summed E-state index contributed by atoms with van der Waals surface area (Å²) in [4.78, 5) is 16.7. The van der Waals surface area contributed by atoms with Crippen LogP contribution in [0.4, 0.5) is 0 Å². The third-order valence-electron chi connectivity index (χ3n) is 4.00. The molecule has 1 aliphatic carbocycles. The first-order valence-corrected chi connectivity index (χ1v) is 7.33. The smallest absolute Gasteiger partial charge is 0.240 e. The van der Waals surface area contributed by atoms with Gasteiger partial charge in [-0.25, -0.2) is 4.98 Å². The zero-order valence-corrected chi connectivity index (χ0v) is 12.2. The standard InChI is InChI=1S/C15H15ClN4O/c16-11-3-4-13-19-12(9-20(13)8-11)7-18-14(21)15(10-17)5-1-2-6-15/h3-4,8-9H,1-2,5-7H2,(H,18,21). The molecule has 1 aliphatic rings. The molecule has 0 radical (unpaired) electrons. The third kappa shape index (κ3) is 2.59. The number of pyridine rings is 1. The number of carbonyl (C=O) groups excluding carboxylic acids is 1. The molecule has 0 unspecified atom stereocenters. The maximum Gasteiger partial charge on any atom is 0.240 e. The van der Waals surface area contributed by atoms with Gasteiger partial charge in [0.05, 0.1) is 23.3 Å². The lowest BCUT2D eigenvalue weighted by Crippen LogP contribution is -2.37. The zero-order chi connectivity index (χ0) is 14.9. The number of nitrogens with one attached hydrogen (secondary N) is 1. The van der Waals surface area contributed by atoms with E-state index in [1.165, 1.54) is 0 Å². The Morgan fingerprint density at radius 2 is 2.19 bits per heavy atom. The summed E-state index contributed by atoms with van der Waals surface area (Å²) < 4.78 is 1.82. The maximum absolute atomic E-state index is 12.3. The number of nitriles is 1. The normalized spacial score (nSPS) is 16.8. The number of rotatable bonds is 3. The van der Waals surface area contributed by atoms with Crippen LogP contribution in [0.15, 0.2) is 24.5 Å². The van der Waals surface area contributed by atoms with E-state index in [1.807, 2.05) is 16.7 Å². The van der Waals surface area contributed by atoms with Gasteiger partial charge < -0.3 is 9.72 Å². The van der Waals surface area contributed by atoms with Crippen molar-refractivity contribution in [3.05, 3.63) is 35.2 Å². The van der Waals surface area contributed by atoms with E-state index in [0.29, 0.717) is 24.4 Å². The molecule has 0 saturated heterocycles. The average Bonchev–Trinajstić information content (AvgIpc) is 3.11. The summed E-state index contributed by atoms with van der Waals surface area (Å²) in [5.41, 5.74) is 0.679. The van der Waals surface area contributed by atoms with Crippen molar-refractivity contribution in [2.24, 2.45) is 5.41 Å². The molecule has 1 saturated carbocycles. The van der Waals surface area contributed by atoms with E-state index in [2.05, 4.69) is 16.4 Å². The average molecular weight is 303 g/mol. The second-order valence-electron chi connectivity index (χ2n) is 5.43. The van der Waals surface area contributed by atoms with Crippen LogP contribution in [-0.2, 0) is 11.3 Å². The Morgan fingerprint density at radius 1 is 1.43 bits per heavy atom. The monoisotopic (exact) mass is 302 g/mol. The van der Waals surface area contributed by atoms with Crippen LogP contribution >= 0.6 is 11.6 Å². The molecule has 0 atom stereocenters.